The van der Waals surface area contributed by atoms with Gasteiger partial charge in [-0.25, -0.2) is 9.67 Å². The molecule has 0 aliphatic heterocycles. The van der Waals surface area contributed by atoms with Gasteiger partial charge in [0.2, 0.25) is 4.80 Å². The van der Waals surface area contributed by atoms with Crippen molar-refractivity contribution < 1.29 is 4.74 Å². The van der Waals surface area contributed by atoms with Gasteiger partial charge in [0.25, 0.3) is 0 Å². The Labute approximate surface area is 143 Å². The third-order valence-electron chi connectivity index (χ3n) is 3.21. The summed E-state index contributed by atoms with van der Waals surface area (Å²) in [4.78, 5) is 7.93. The predicted molar refractivity (Wildman–Crippen MR) is 97.3 cm³/mol. The van der Waals surface area contributed by atoms with Gasteiger partial charge in [0.05, 0.1) is 24.7 Å². The van der Waals surface area contributed by atoms with Gasteiger partial charge in [0.1, 0.15) is 5.75 Å². The molecule has 4 nitrogen and oxygen atoms in total. The van der Waals surface area contributed by atoms with Crippen molar-refractivity contribution in [3.05, 3.63) is 62.0 Å². The minimum absolute atomic E-state index is 0.824. The summed E-state index contributed by atoms with van der Waals surface area (Å²) in [5.74, 6) is 0.824. The smallest absolute Gasteiger partial charge is 0.211 e. The van der Waals surface area contributed by atoms with E-state index in [1.54, 1.807) is 29.8 Å². The molecule has 118 valence electrons. The van der Waals surface area contributed by atoms with Crippen LogP contribution in [0.2, 0.25) is 0 Å². The number of nitrogens with zero attached hydrogens (tertiary/aromatic N) is 3. The number of ether oxygens (including phenoxy) is 1. The van der Waals surface area contributed by atoms with Crippen molar-refractivity contribution >= 4 is 34.6 Å². The molecule has 0 unspecified atom stereocenters. The zero-order valence-corrected chi connectivity index (χ0v) is 14.8. The third kappa shape index (κ3) is 3.78. The molecule has 0 amide bonds. The molecule has 2 heterocycles. The number of aromatic nitrogens is 1. The van der Waals surface area contributed by atoms with Gasteiger partial charge in [0, 0.05) is 15.1 Å². The first kappa shape index (κ1) is 15.7. The molecule has 0 bridgehead atoms. The molecule has 0 saturated heterocycles. The van der Waals surface area contributed by atoms with E-state index >= 15 is 0 Å². The minimum Gasteiger partial charge on any atom is -0.497 e. The number of hydrogen-bond acceptors (Lipinski definition) is 5. The highest BCUT2D eigenvalue weighted by molar-refractivity contribution is 7.13. The van der Waals surface area contributed by atoms with E-state index in [2.05, 4.69) is 34.5 Å². The Morgan fingerprint density at radius 2 is 1.87 bits per heavy atom. The lowest BCUT2D eigenvalue weighted by molar-refractivity contribution is 0.415. The van der Waals surface area contributed by atoms with Crippen LogP contribution >= 0.6 is 22.7 Å². The van der Waals surface area contributed by atoms with Gasteiger partial charge in [0.15, 0.2) is 0 Å². The maximum Gasteiger partial charge on any atom is 0.211 e. The first-order valence-corrected chi connectivity index (χ1v) is 8.82. The van der Waals surface area contributed by atoms with Gasteiger partial charge in [-0.1, -0.05) is 0 Å². The van der Waals surface area contributed by atoms with Crippen LogP contribution in [0.15, 0.2) is 51.9 Å². The van der Waals surface area contributed by atoms with E-state index in [4.69, 9.17) is 4.74 Å². The lowest BCUT2D eigenvalue weighted by Crippen LogP contribution is -2.11. The Morgan fingerprint density at radius 1 is 1.09 bits per heavy atom. The second-order valence-electron chi connectivity index (χ2n) is 4.97. The lowest BCUT2D eigenvalue weighted by atomic mass is 10.3. The monoisotopic (exact) mass is 343 g/mol. The average molecular weight is 343 g/mol. The molecule has 1 aromatic carbocycles. The molecule has 0 atom stereocenters. The van der Waals surface area contributed by atoms with Crippen LogP contribution in [0.5, 0.6) is 5.75 Å². The molecule has 0 saturated carbocycles. The maximum atomic E-state index is 5.17. The van der Waals surface area contributed by atoms with Gasteiger partial charge in [-0.05, 0) is 50.2 Å². The van der Waals surface area contributed by atoms with Crippen LogP contribution in [0.3, 0.4) is 0 Å². The van der Waals surface area contributed by atoms with Gasteiger partial charge in [-0.15, -0.1) is 22.7 Å². The highest BCUT2D eigenvalue weighted by Crippen LogP contribution is 2.17. The van der Waals surface area contributed by atoms with Crippen molar-refractivity contribution in [3.63, 3.8) is 0 Å². The van der Waals surface area contributed by atoms with E-state index in [-0.39, 0.29) is 0 Å². The Bertz CT molecular complexity index is 885. The fourth-order valence-corrected chi connectivity index (χ4v) is 3.58. The molecular weight excluding hydrogens is 326 g/mol. The molecule has 0 fully saturated rings. The summed E-state index contributed by atoms with van der Waals surface area (Å²) in [6.07, 6.45) is 1.88. The number of thiophene rings is 1. The molecular formula is C17H17N3OS2. The summed E-state index contributed by atoms with van der Waals surface area (Å²) in [7, 11) is 1.66. The molecule has 23 heavy (non-hydrogen) atoms. The molecule has 3 aromatic rings. The van der Waals surface area contributed by atoms with E-state index in [9.17, 15) is 0 Å². The van der Waals surface area contributed by atoms with Crippen molar-refractivity contribution in [2.24, 2.45) is 10.1 Å². The molecule has 0 aliphatic rings. The van der Waals surface area contributed by atoms with Gasteiger partial charge >= 0.3 is 0 Å². The summed E-state index contributed by atoms with van der Waals surface area (Å²) in [6.45, 7) is 4.12. The Kier molecular flexibility index (Phi) is 4.73. The molecule has 3 rings (SSSR count). The molecule has 0 spiro atoms. The normalized spacial score (nSPS) is 12.2. The summed E-state index contributed by atoms with van der Waals surface area (Å²) in [5.41, 5.74) is 1.94. The molecule has 2 aromatic heterocycles. The average Bonchev–Trinajstić information content (AvgIpc) is 3.12. The van der Waals surface area contributed by atoms with Crippen molar-refractivity contribution in [1.82, 2.24) is 4.68 Å². The van der Waals surface area contributed by atoms with Crippen molar-refractivity contribution in [1.29, 1.82) is 0 Å². The van der Waals surface area contributed by atoms with Crippen LogP contribution in [-0.2, 0) is 0 Å². The first-order valence-electron chi connectivity index (χ1n) is 7.12. The number of methoxy groups -OCH3 is 1. The SMILES string of the molecule is COc1ccc(N=c2scc(C)n2N=Cc2ccc(C)s2)cc1. The number of aryl methyl sites for hydroxylation is 2. The number of thiazole rings is 1. The van der Waals surface area contributed by atoms with Crippen LogP contribution in [0.4, 0.5) is 5.69 Å². The Balaban J connectivity index is 1.94. The lowest BCUT2D eigenvalue weighted by Gasteiger charge is -1.99. The number of hydrogen-bond donors (Lipinski definition) is 0. The van der Waals surface area contributed by atoms with E-state index in [0.29, 0.717) is 0 Å². The molecule has 0 aliphatic carbocycles. The van der Waals surface area contributed by atoms with E-state index in [1.807, 2.05) is 42.1 Å². The van der Waals surface area contributed by atoms with Gasteiger partial charge < -0.3 is 4.74 Å². The van der Waals surface area contributed by atoms with Crippen LogP contribution in [-0.4, -0.2) is 18.0 Å². The summed E-state index contributed by atoms with van der Waals surface area (Å²) in [5, 5.41) is 6.63. The first-order chi connectivity index (χ1) is 11.2. The topological polar surface area (TPSA) is 38.9 Å². The predicted octanol–water partition coefficient (Wildman–Crippen LogP) is 4.35. The largest absolute Gasteiger partial charge is 0.497 e. The highest BCUT2D eigenvalue weighted by atomic mass is 32.1. The second-order valence-corrected chi connectivity index (χ2v) is 7.13. The van der Waals surface area contributed by atoms with Crippen LogP contribution in [0.25, 0.3) is 0 Å². The fraction of sp³-hybridized carbons (Fsp3) is 0.176. The van der Waals surface area contributed by atoms with Crippen LogP contribution in [0, 0.1) is 13.8 Å². The van der Waals surface area contributed by atoms with Crippen LogP contribution < -0.4 is 9.54 Å². The Hall–Kier alpha value is -2.18. The Morgan fingerprint density at radius 3 is 2.52 bits per heavy atom. The minimum atomic E-state index is 0.824. The second kappa shape index (κ2) is 6.93. The van der Waals surface area contributed by atoms with Gasteiger partial charge in [-0.2, -0.15) is 5.10 Å². The van der Waals surface area contributed by atoms with E-state index in [0.717, 1.165) is 26.8 Å². The zero-order valence-electron chi connectivity index (χ0n) is 13.2. The molecule has 0 radical (unpaired) electrons. The van der Waals surface area contributed by atoms with Crippen LogP contribution in [0.1, 0.15) is 15.4 Å². The quantitative estimate of drug-likeness (QED) is 0.649. The summed E-state index contributed by atoms with van der Waals surface area (Å²) >= 11 is 3.30. The van der Waals surface area contributed by atoms with Crippen molar-refractivity contribution in [2.75, 3.05) is 7.11 Å². The third-order valence-corrected chi connectivity index (χ3v) is 5.08. The van der Waals surface area contributed by atoms with E-state index < -0.39 is 0 Å². The number of rotatable bonds is 4. The highest BCUT2D eigenvalue weighted by Gasteiger charge is 2.01. The standard InChI is InChI=1S/C17H17N3OS2/c1-12-11-22-17(19-14-5-7-15(21-3)8-6-14)20(12)18-10-16-9-4-13(2)23-16/h4-11H,1-3H3. The maximum absolute atomic E-state index is 5.17. The van der Waals surface area contributed by atoms with Crippen molar-refractivity contribution in [2.45, 2.75) is 13.8 Å². The fourth-order valence-electron chi connectivity index (χ4n) is 2.01. The summed E-state index contributed by atoms with van der Waals surface area (Å²) in [6, 6.07) is 11.9. The van der Waals surface area contributed by atoms with Crippen molar-refractivity contribution in [3.8, 4) is 5.75 Å². The van der Waals surface area contributed by atoms with Gasteiger partial charge in [-0.3, -0.25) is 0 Å². The number of benzene rings is 1. The summed E-state index contributed by atoms with van der Waals surface area (Å²) < 4.78 is 7.04. The zero-order chi connectivity index (χ0) is 16.2. The van der Waals surface area contributed by atoms with E-state index in [1.165, 1.54) is 4.88 Å². The molecule has 0 N–H and O–H groups in total. The molecule has 6 heteroatoms.